The number of halogens is 1. The Morgan fingerprint density at radius 1 is 1.19 bits per heavy atom. The number of aryl methyl sites for hydroxylation is 2. The number of aromatic nitrogens is 3. The van der Waals surface area contributed by atoms with Crippen LogP contribution in [0, 0.1) is 19.7 Å². The Bertz CT molecular complexity index is 908. The van der Waals surface area contributed by atoms with Gasteiger partial charge in [0.05, 0.1) is 5.69 Å². The van der Waals surface area contributed by atoms with Gasteiger partial charge in [0.1, 0.15) is 12.1 Å². The van der Waals surface area contributed by atoms with Gasteiger partial charge in [0.15, 0.2) is 5.16 Å². The van der Waals surface area contributed by atoms with Crippen LogP contribution in [-0.4, -0.2) is 26.4 Å². The molecule has 134 valence electrons. The highest BCUT2D eigenvalue weighted by Gasteiger charge is 2.11. The molecule has 0 aliphatic heterocycles. The number of thioether (sulfide) groups is 1. The van der Waals surface area contributed by atoms with Crippen molar-refractivity contribution in [2.75, 3.05) is 11.1 Å². The van der Waals surface area contributed by atoms with Gasteiger partial charge in [0.25, 0.3) is 0 Å². The van der Waals surface area contributed by atoms with Gasteiger partial charge < -0.3 is 5.32 Å². The molecule has 0 aliphatic carbocycles. The zero-order chi connectivity index (χ0) is 18.5. The highest BCUT2D eigenvalue weighted by molar-refractivity contribution is 7.99. The van der Waals surface area contributed by atoms with E-state index in [1.54, 1.807) is 6.33 Å². The number of amides is 1. The summed E-state index contributed by atoms with van der Waals surface area (Å²) in [5.74, 6) is 0.113. The summed E-state index contributed by atoms with van der Waals surface area (Å²) in [6, 6.07) is 11.9. The molecular weight excluding hydrogens is 351 g/mol. The molecule has 0 atom stereocenters. The first-order chi connectivity index (χ1) is 12.5. The van der Waals surface area contributed by atoms with Crippen LogP contribution >= 0.6 is 11.8 Å². The Morgan fingerprint density at radius 2 is 1.96 bits per heavy atom. The van der Waals surface area contributed by atoms with Crippen molar-refractivity contribution in [3.8, 4) is 5.69 Å². The molecule has 1 N–H and O–H groups in total. The van der Waals surface area contributed by atoms with Gasteiger partial charge in [-0.15, -0.1) is 10.2 Å². The first kappa shape index (κ1) is 18.1. The second-order valence-corrected chi connectivity index (χ2v) is 6.99. The van der Waals surface area contributed by atoms with Crippen LogP contribution in [0.1, 0.15) is 17.5 Å². The Hall–Kier alpha value is -2.67. The van der Waals surface area contributed by atoms with Crippen molar-refractivity contribution in [3.05, 3.63) is 65.7 Å². The van der Waals surface area contributed by atoms with Crippen LogP contribution in [0.25, 0.3) is 5.69 Å². The third kappa shape index (κ3) is 4.49. The van der Waals surface area contributed by atoms with E-state index in [0.717, 1.165) is 16.4 Å². The van der Waals surface area contributed by atoms with Crippen LogP contribution in [-0.2, 0) is 4.79 Å². The normalized spacial score (nSPS) is 10.7. The second kappa shape index (κ2) is 8.14. The fourth-order valence-electron chi connectivity index (χ4n) is 2.56. The van der Waals surface area contributed by atoms with Gasteiger partial charge in [-0.3, -0.25) is 9.36 Å². The molecule has 2 aromatic carbocycles. The van der Waals surface area contributed by atoms with Crippen LogP contribution in [0.3, 0.4) is 0 Å². The summed E-state index contributed by atoms with van der Waals surface area (Å²) >= 11 is 1.47. The summed E-state index contributed by atoms with van der Waals surface area (Å²) in [6.07, 6.45) is 2.00. The van der Waals surface area contributed by atoms with Gasteiger partial charge >= 0.3 is 0 Å². The minimum atomic E-state index is -0.329. The predicted octanol–water partition coefficient (Wildman–Crippen LogP) is 4.14. The third-order valence-corrected chi connectivity index (χ3v) is 4.76. The van der Waals surface area contributed by atoms with E-state index < -0.39 is 0 Å². The van der Waals surface area contributed by atoms with E-state index in [1.165, 1.54) is 41.6 Å². The van der Waals surface area contributed by atoms with E-state index in [2.05, 4.69) is 28.5 Å². The lowest BCUT2D eigenvalue weighted by atomic mass is 10.1. The smallest absolute Gasteiger partial charge is 0.225 e. The van der Waals surface area contributed by atoms with E-state index >= 15 is 0 Å². The fraction of sp³-hybridized carbons (Fsp3) is 0.211. The lowest BCUT2D eigenvalue weighted by molar-refractivity contribution is -0.115. The fourth-order valence-corrected chi connectivity index (χ4v) is 3.41. The van der Waals surface area contributed by atoms with Crippen LogP contribution in [0.5, 0.6) is 0 Å². The van der Waals surface area contributed by atoms with Crippen molar-refractivity contribution < 1.29 is 9.18 Å². The largest absolute Gasteiger partial charge is 0.326 e. The van der Waals surface area contributed by atoms with Crippen molar-refractivity contribution in [1.29, 1.82) is 0 Å². The molecule has 1 amide bonds. The van der Waals surface area contributed by atoms with Gasteiger partial charge in [0, 0.05) is 17.9 Å². The quantitative estimate of drug-likeness (QED) is 0.663. The summed E-state index contributed by atoms with van der Waals surface area (Å²) in [6.45, 7) is 4.10. The molecule has 26 heavy (non-hydrogen) atoms. The minimum absolute atomic E-state index is 0.123. The van der Waals surface area contributed by atoms with Crippen molar-refractivity contribution in [3.63, 3.8) is 0 Å². The predicted molar refractivity (Wildman–Crippen MR) is 101 cm³/mol. The van der Waals surface area contributed by atoms with Gasteiger partial charge in [0.2, 0.25) is 5.91 Å². The standard InChI is InChI=1S/C19H19FN4OS/c1-13-3-8-17(14(2)11-13)24-12-21-23-19(24)26-10-9-18(25)22-16-6-4-15(20)5-7-16/h3-8,11-12H,9-10H2,1-2H3,(H,22,25). The molecule has 0 unspecified atom stereocenters. The molecule has 1 aromatic heterocycles. The average Bonchev–Trinajstić information content (AvgIpc) is 3.05. The maximum atomic E-state index is 12.9. The highest BCUT2D eigenvalue weighted by atomic mass is 32.2. The van der Waals surface area contributed by atoms with Crippen LogP contribution < -0.4 is 5.32 Å². The number of hydrogen-bond donors (Lipinski definition) is 1. The van der Waals surface area contributed by atoms with Crippen molar-refractivity contribution >= 4 is 23.4 Å². The number of hydrogen-bond acceptors (Lipinski definition) is 4. The van der Waals surface area contributed by atoms with E-state index in [0.29, 0.717) is 17.9 Å². The van der Waals surface area contributed by atoms with Gasteiger partial charge in [-0.1, -0.05) is 29.5 Å². The summed E-state index contributed by atoms with van der Waals surface area (Å²) in [7, 11) is 0. The lowest BCUT2D eigenvalue weighted by Crippen LogP contribution is -2.12. The lowest BCUT2D eigenvalue weighted by Gasteiger charge is -2.10. The summed E-state index contributed by atoms with van der Waals surface area (Å²) in [5.41, 5.74) is 3.95. The Morgan fingerprint density at radius 3 is 2.69 bits per heavy atom. The van der Waals surface area contributed by atoms with E-state index in [-0.39, 0.29) is 11.7 Å². The van der Waals surface area contributed by atoms with Crippen molar-refractivity contribution in [1.82, 2.24) is 14.8 Å². The zero-order valence-corrected chi connectivity index (χ0v) is 15.4. The maximum absolute atomic E-state index is 12.9. The number of nitrogens with zero attached hydrogens (tertiary/aromatic N) is 3. The molecule has 0 saturated carbocycles. The number of carbonyl (C=O) groups excluding carboxylic acids is 1. The van der Waals surface area contributed by atoms with Crippen LogP contribution in [0.15, 0.2) is 53.9 Å². The molecule has 7 heteroatoms. The highest BCUT2D eigenvalue weighted by Crippen LogP contribution is 2.23. The van der Waals surface area contributed by atoms with Gasteiger partial charge in [-0.2, -0.15) is 0 Å². The third-order valence-electron chi connectivity index (χ3n) is 3.82. The maximum Gasteiger partial charge on any atom is 0.225 e. The van der Waals surface area contributed by atoms with E-state index in [4.69, 9.17) is 0 Å². The summed E-state index contributed by atoms with van der Waals surface area (Å²) < 4.78 is 14.8. The van der Waals surface area contributed by atoms with E-state index in [1.807, 2.05) is 23.6 Å². The first-order valence-electron chi connectivity index (χ1n) is 8.19. The number of carbonyl (C=O) groups is 1. The molecule has 0 aliphatic rings. The SMILES string of the molecule is Cc1ccc(-n2cnnc2SCCC(=O)Nc2ccc(F)cc2)c(C)c1. The van der Waals surface area contributed by atoms with Gasteiger partial charge in [-0.05, 0) is 49.7 Å². The molecule has 0 fully saturated rings. The minimum Gasteiger partial charge on any atom is -0.326 e. The Kier molecular flexibility index (Phi) is 5.68. The number of benzene rings is 2. The van der Waals surface area contributed by atoms with E-state index in [9.17, 15) is 9.18 Å². The zero-order valence-electron chi connectivity index (χ0n) is 14.6. The molecule has 3 aromatic rings. The molecule has 0 bridgehead atoms. The second-order valence-electron chi connectivity index (χ2n) is 5.93. The molecule has 0 radical (unpaired) electrons. The molecule has 3 rings (SSSR count). The topological polar surface area (TPSA) is 59.8 Å². The Labute approximate surface area is 155 Å². The monoisotopic (exact) mass is 370 g/mol. The molecule has 0 spiro atoms. The molecular formula is C19H19FN4OS. The molecule has 5 nitrogen and oxygen atoms in total. The number of rotatable bonds is 6. The van der Waals surface area contributed by atoms with Crippen molar-refractivity contribution in [2.45, 2.75) is 25.4 Å². The average molecular weight is 370 g/mol. The number of anilines is 1. The van der Waals surface area contributed by atoms with Crippen LogP contribution in [0.4, 0.5) is 10.1 Å². The Balaban J connectivity index is 1.58. The first-order valence-corrected chi connectivity index (χ1v) is 9.17. The number of nitrogens with one attached hydrogen (secondary N) is 1. The van der Waals surface area contributed by atoms with Crippen LogP contribution in [0.2, 0.25) is 0 Å². The van der Waals surface area contributed by atoms with Gasteiger partial charge in [-0.25, -0.2) is 4.39 Å². The van der Waals surface area contributed by atoms with Crippen molar-refractivity contribution in [2.24, 2.45) is 0 Å². The summed E-state index contributed by atoms with van der Waals surface area (Å²) in [4.78, 5) is 12.0. The summed E-state index contributed by atoms with van der Waals surface area (Å²) in [5, 5.41) is 11.6. The molecule has 0 saturated heterocycles. The molecule has 1 heterocycles.